The second-order valence-electron chi connectivity index (χ2n) is 7.82. The van der Waals surface area contributed by atoms with E-state index in [1.807, 2.05) is 0 Å². The highest BCUT2D eigenvalue weighted by Gasteiger charge is 2.55. The van der Waals surface area contributed by atoms with E-state index in [-0.39, 0.29) is 5.97 Å². The Bertz CT molecular complexity index is 397. The van der Waals surface area contributed by atoms with Crippen molar-refractivity contribution in [1.29, 1.82) is 0 Å². The van der Waals surface area contributed by atoms with Crippen LogP contribution in [-0.2, 0) is 9.53 Å². The molecule has 3 rings (SSSR count). The molecule has 2 aliphatic heterocycles. The van der Waals surface area contributed by atoms with Crippen LogP contribution in [0, 0.1) is 5.92 Å². The average molecular weight is 307 g/mol. The van der Waals surface area contributed by atoms with Crippen molar-refractivity contribution in [1.82, 2.24) is 4.90 Å². The largest absolute Gasteiger partial charge is 0.464 e. The predicted octanol–water partition coefficient (Wildman–Crippen LogP) is 4.30. The smallest absolute Gasteiger partial charge is 0.302 e. The van der Waals surface area contributed by atoms with E-state index in [0.29, 0.717) is 18.2 Å². The summed E-state index contributed by atoms with van der Waals surface area (Å²) in [6.07, 6.45) is 15.0. The Morgan fingerprint density at radius 3 is 2.77 bits per heavy atom. The van der Waals surface area contributed by atoms with E-state index in [1.54, 1.807) is 6.92 Å². The highest BCUT2D eigenvalue weighted by atomic mass is 16.5. The minimum atomic E-state index is -0.122. The van der Waals surface area contributed by atoms with Crippen LogP contribution in [0.25, 0.3) is 0 Å². The lowest BCUT2D eigenvalue weighted by Crippen LogP contribution is -2.61. The Balaban J connectivity index is 1.78. The first-order valence-electron chi connectivity index (χ1n) is 9.59. The number of ether oxygens (including phenoxy) is 1. The van der Waals surface area contributed by atoms with E-state index in [0.717, 1.165) is 12.0 Å². The van der Waals surface area contributed by atoms with Crippen LogP contribution < -0.4 is 0 Å². The molecule has 3 heteroatoms. The van der Waals surface area contributed by atoms with Gasteiger partial charge in [0.2, 0.25) is 0 Å². The summed E-state index contributed by atoms with van der Waals surface area (Å²) < 4.78 is 5.42. The maximum Gasteiger partial charge on any atom is 0.302 e. The van der Waals surface area contributed by atoms with E-state index in [4.69, 9.17) is 4.74 Å². The van der Waals surface area contributed by atoms with Crippen LogP contribution in [0.4, 0.5) is 0 Å². The van der Waals surface area contributed by atoms with Gasteiger partial charge in [-0.15, -0.1) is 0 Å². The van der Waals surface area contributed by atoms with Gasteiger partial charge in [0.25, 0.3) is 0 Å². The lowest BCUT2D eigenvalue weighted by molar-refractivity contribution is -0.145. The molecule has 0 unspecified atom stereocenters. The maximum atomic E-state index is 11.3. The minimum Gasteiger partial charge on any atom is -0.464 e. The Hall–Kier alpha value is -0.570. The van der Waals surface area contributed by atoms with E-state index < -0.39 is 0 Å². The highest BCUT2D eigenvalue weighted by molar-refractivity contribution is 5.65. The molecule has 4 atom stereocenters. The molecular formula is C19H33NO2. The second kappa shape index (κ2) is 6.90. The molecule has 2 heterocycles. The average Bonchev–Trinajstić information content (AvgIpc) is 2.89. The first-order chi connectivity index (χ1) is 10.7. The number of carbonyl (C=O) groups is 1. The van der Waals surface area contributed by atoms with Gasteiger partial charge in [-0.25, -0.2) is 0 Å². The molecule has 0 amide bonds. The molecule has 22 heavy (non-hydrogen) atoms. The summed E-state index contributed by atoms with van der Waals surface area (Å²) >= 11 is 0. The summed E-state index contributed by atoms with van der Waals surface area (Å²) in [6.45, 7) is 4.45. The summed E-state index contributed by atoms with van der Waals surface area (Å²) in [5.74, 6) is 0.782. The molecule has 126 valence electrons. The van der Waals surface area contributed by atoms with E-state index in [1.165, 1.54) is 70.6 Å². The van der Waals surface area contributed by atoms with Gasteiger partial charge < -0.3 is 4.74 Å². The molecule has 1 spiro atoms. The van der Waals surface area contributed by atoms with Crippen molar-refractivity contribution in [2.75, 3.05) is 6.61 Å². The molecular weight excluding hydrogens is 274 g/mol. The molecule has 0 N–H and O–H groups in total. The third-order valence-electron chi connectivity index (χ3n) is 6.60. The Labute approximate surface area is 135 Å². The van der Waals surface area contributed by atoms with Gasteiger partial charge in [-0.3, -0.25) is 9.69 Å². The number of hydrogen-bond acceptors (Lipinski definition) is 3. The highest BCUT2D eigenvalue weighted by Crippen LogP contribution is 2.54. The van der Waals surface area contributed by atoms with Crippen LogP contribution in [0.2, 0.25) is 0 Å². The molecule has 3 fully saturated rings. The first-order valence-corrected chi connectivity index (χ1v) is 9.59. The van der Waals surface area contributed by atoms with Gasteiger partial charge in [-0.1, -0.05) is 32.6 Å². The van der Waals surface area contributed by atoms with Crippen molar-refractivity contribution in [3.63, 3.8) is 0 Å². The SMILES string of the molecule is CCCC[C@@H]1CC[C@@H]2CCCC[C@]23CC[C@@H](COC(C)=O)N13. The number of rotatable bonds is 5. The molecule has 0 aromatic heterocycles. The Kier molecular flexibility index (Phi) is 5.11. The van der Waals surface area contributed by atoms with Crippen LogP contribution in [0.5, 0.6) is 0 Å². The number of nitrogens with zero attached hydrogens (tertiary/aromatic N) is 1. The number of piperidine rings is 1. The first kappa shape index (κ1) is 16.3. The van der Waals surface area contributed by atoms with E-state index >= 15 is 0 Å². The standard InChI is InChI=1S/C19H33NO2/c1-3-4-8-17-10-9-16-7-5-6-12-19(16)13-11-18(20(17)19)14-22-15(2)21/h16-18H,3-14H2,1-2H3/t16-,17+,18-,19-/m0/s1. The molecule has 0 bridgehead atoms. The van der Waals surface area contributed by atoms with Crippen molar-refractivity contribution in [2.24, 2.45) is 5.92 Å². The van der Waals surface area contributed by atoms with Gasteiger partial charge in [0.05, 0.1) is 0 Å². The van der Waals surface area contributed by atoms with Gasteiger partial charge in [-0.2, -0.15) is 0 Å². The lowest BCUT2D eigenvalue weighted by Gasteiger charge is -2.56. The number of esters is 1. The second-order valence-corrected chi connectivity index (χ2v) is 7.82. The van der Waals surface area contributed by atoms with Crippen LogP contribution >= 0.6 is 0 Å². The molecule has 0 aromatic carbocycles. The minimum absolute atomic E-state index is 0.122. The van der Waals surface area contributed by atoms with Crippen molar-refractivity contribution in [3.05, 3.63) is 0 Å². The molecule has 3 aliphatic rings. The molecule has 2 saturated heterocycles. The predicted molar refractivity (Wildman–Crippen MR) is 88.7 cm³/mol. The fourth-order valence-electron chi connectivity index (χ4n) is 5.72. The molecule has 0 radical (unpaired) electrons. The Morgan fingerprint density at radius 2 is 2.00 bits per heavy atom. The number of unbranched alkanes of at least 4 members (excludes halogenated alkanes) is 1. The fourth-order valence-corrected chi connectivity index (χ4v) is 5.72. The molecule has 1 aliphatic carbocycles. The zero-order chi connectivity index (χ0) is 15.6. The van der Waals surface area contributed by atoms with Gasteiger partial charge in [0, 0.05) is 24.5 Å². The quantitative estimate of drug-likeness (QED) is 0.709. The van der Waals surface area contributed by atoms with Gasteiger partial charge in [-0.05, 0) is 50.9 Å². The van der Waals surface area contributed by atoms with Crippen LogP contribution in [0.15, 0.2) is 0 Å². The number of carbonyl (C=O) groups excluding carboxylic acids is 1. The number of hydrogen-bond donors (Lipinski definition) is 0. The van der Waals surface area contributed by atoms with Crippen LogP contribution in [-0.4, -0.2) is 35.1 Å². The summed E-state index contributed by atoms with van der Waals surface area (Å²) in [4.78, 5) is 14.1. The summed E-state index contributed by atoms with van der Waals surface area (Å²) in [5, 5.41) is 0. The fraction of sp³-hybridized carbons (Fsp3) is 0.947. The third-order valence-corrected chi connectivity index (χ3v) is 6.60. The summed E-state index contributed by atoms with van der Waals surface area (Å²) in [7, 11) is 0. The van der Waals surface area contributed by atoms with Gasteiger partial charge in [0.1, 0.15) is 6.61 Å². The van der Waals surface area contributed by atoms with Crippen molar-refractivity contribution < 1.29 is 9.53 Å². The van der Waals surface area contributed by atoms with Crippen molar-refractivity contribution in [2.45, 2.75) is 102 Å². The molecule has 0 aromatic rings. The topological polar surface area (TPSA) is 29.5 Å². The monoisotopic (exact) mass is 307 g/mol. The van der Waals surface area contributed by atoms with Crippen molar-refractivity contribution in [3.8, 4) is 0 Å². The van der Waals surface area contributed by atoms with Gasteiger partial charge in [0.15, 0.2) is 0 Å². The summed E-state index contributed by atoms with van der Waals surface area (Å²) in [5.41, 5.74) is 0.458. The third kappa shape index (κ3) is 2.93. The Morgan fingerprint density at radius 1 is 1.14 bits per heavy atom. The zero-order valence-electron chi connectivity index (χ0n) is 14.5. The van der Waals surface area contributed by atoms with Crippen molar-refractivity contribution >= 4 is 5.97 Å². The maximum absolute atomic E-state index is 11.3. The van der Waals surface area contributed by atoms with Crippen LogP contribution in [0.3, 0.4) is 0 Å². The lowest BCUT2D eigenvalue weighted by atomic mass is 9.66. The summed E-state index contributed by atoms with van der Waals surface area (Å²) in [6, 6.07) is 1.21. The normalized spacial score (nSPS) is 38.4. The van der Waals surface area contributed by atoms with Crippen LogP contribution in [0.1, 0.15) is 84.5 Å². The molecule has 3 nitrogen and oxygen atoms in total. The van der Waals surface area contributed by atoms with E-state index in [9.17, 15) is 4.79 Å². The molecule has 1 saturated carbocycles. The van der Waals surface area contributed by atoms with E-state index in [2.05, 4.69) is 11.8 Å². The zero-order valence-corrected chi connectivity index (χ0v) is 14.5. The van der Waals surface area contributed by atoms with Gasteiger partial charge >= 0.3 is 5.97 Å².